The number of benzene rings is 2. The van der Waals surface area contributed by atoms with Gasteiger partial charge in [-0.05, 0) is 62.7 Å². The molecule has 1 N–H and O–H groups in total. The molecular formula is C26H22F3N3O4. The molecule has 0 spiro atoms. The number of aromatic nitrogens is 2. The van der Waals surface area contributed by atoms with Crippen molar-refractivity contribution in [1.29, 1.82) is 0 Å². The van der Waals surface area contributed by atoms with Gasteiger partial charge in [-0.3, -0.25) is 4.79 Å². The highest BCUT2D eigenvalue weighted by Gasteiger charge is 2.40. The molecule has 0 unspecified atom stereocenters. The van der Waals surface area contributed by atoms with Gasteiger partial charge in [0.05, 0.1) is 23.6 Å². The number of hydrogen-bond donors (Lipinski definition) is 1. The average Bonchev–Trinajstić information content (AvgIpc) is 3.44. The van der Waals surface area contributed by atoms with Crippen molar-refractivity contribution >= 4 is 17.6 Å². The Bertz CT molecular complexity index is 1440. The van der Waals surface area contributed by atoms with Crippen LogP contribution in [0.25, 0.3) is 16.9 Å². The lowest BCUT2D eigenvalue weighted by molar-refractivity contribution is -0.153. The Kier molecular flexibility index (Phi) is 6.69. The number of nitrogens with one attached hydrogen (secondary N) is 1. The summed E-state index contributed by atoms with van der Waals surface area (Å²) in [5.41, 5.74) is 2.49. The topological polar surface area (TPSA) is 86.4 Å². The number of amides is 1. The predicted molar refractivity (Wildman–Crippen MR) is 126 cm³/mol. The maximum Gasteiger partial charge on any atom is 0.450 e. The molecule has 0 radical (unpaired) electrons. The Morgan fingerprint density at radius 2 is 1.81 bits per heavy atom. The van der Waals surface area contributed by atoms with E-state index in [1.165, 1.54) is 6.92 Å². The van der Waals surface area contributed by atoms with Crippen molar-refractivity contribution in [2.75, 3.05) is 11.9 Å². The minimum absolute atomic E-state index is 0.0326. The third-order valence-corrected chi connectivity index (χ3v) is 5.21. The summed E-state index contributed by atoms with van der Waals surface area (Å²) in [6, 6.07) is 16.6. The normalized spacial score (nSPS) is 11.4. The van der Waals surface area contributed by atoms with Gasteiger partial charge in [0.1, 0.15) is 5.76 Å². The number of anilines is 1. The first-order valence-corrected chi connectivity index (χ1v) is 11.0. The lowest BCUT2D eigenvalue weighted by atomic mass is 10.1. The van der Waals surface area contributed by atoms with Crippen LogP contribution in [0.4, 0.5) is 18.9 Å². The molecule has 0 bridgehead atoms. The van der Waals surface area contributed by atoms with Crippen LogP contribution < -0.4 is 5.32 Å². The molecule has 0 aliphatic heterocycles. The zero-order valence-corrected chi connectivity index (χ0v) is 19.6. The van der Waals surface area contributed by atoms with E-state index in [1.807, 2.05) is 31.2 Å². The fourth-order valence-corrected chi connectivity index (χ4v) is 3.70. The van der Waals surface area contributed by atoms with Crippen LogP contribution in [0.5, 0.6) is 0 Å². The van der Waals surface area contributed by atoms with Crippen LogP contribution >= 0.6 is 0 Å². The van der Waals surface area contributed by atoms with Gasteiger partial charge in [0.2, 0.25) is 5.76 Å². The van der Waals surface area contributed by atoms with E-state index in [4.69, 9.17) is 9.15 Å². The number of furan rings is 1. The largest absolute Gasteiger partial charge is 0.461 e. The second-order valence-electron chi connectivity index (χ2n) is 8.02. The van der Waals surface area contributed by atoms with Gasteiger partial charge in [0.15, 0.2) is 5.69 Å². The van der Waals surface area contributed by atoms with Gasteiger partial charge in [0, 0.05) is 11.3 Å². The molecule has 0 fully saturated rings. The highest BCUT2D eigenvalue weighted by molar-refractivity contribution is 6.05. The fraction of sp³-hybridized carbons (Fsp3) is 0.192. The number of carbonyl (C=O) groups is 2. The molecule has 4 rings (SSSR count). The molecule has 2 aromatic heterocycles. The number of aryl methyl sites for hydroxylation is 2. The number of carbonyl (C=O) groups excluding carboxylic acids is 2. The van der Waals surface area contributed by atoms with Gasteiger partial charge < -0.3 is 14.5 Å². The number of halogens is 3. The summed E-state index contributed by atoms with van der Waals surface area (Å²) in [5.74, 6) is -2.94. The molecule has 0 saturated heterocycles. The van der Waals surface area contributed by atoms with Gasteiger partial charge in [-0.1, -0.05) is 24.3 Å². The first-order chi connectivity index (χ1) is 17.1. The molecule has 4 aromatic rings. The molecule has 2 heterocycles. The monoisotopic (exact) mass is 497 g/mol. The van der Waals surface area contributed by atoms with Crippen LogP contribution in [0.1, 0.15) is 44.9 Å². The fourth-order valence-electron chi connectivity index (χ4n) is 3.70. The Hall–Kier alpha value is -4.34. The maximum absolute atomic E-state index is 13.3. The molecule has 0 aliphatic rings. The Balaban J connectivity index is 1.72. The van der Waals surface area contributed by atoms with Gasteiger partial charge in [-0.25, -0.2) is 9.48 Å². The molecular weight excluding hydrogens is 475 g/mol. The van der Waals surface area contributed by atoms with E-state index in [1.54, 1.807) is 41.9 Å². The number of esters is 1. The van der Waals surface area contributed by atoms with Crippen LogP contribution in [0.15, 0.2) is 65.1 Å². The molecule has 2 aromatic carbocycles. The summed E-state index contributed by atoms with van der Waals surface area (Å²) in [6.45, 7) is 5.12. The lowest BCUT2D eigenvalue weighted by Crippen LogP contribution is -2.16. The number of rotatable bonds is 6. The van der Waals surface area contributed by atoms with E-state index in [0.29, 0.717) is 16.9 Å². The van der Waals surface area contributed by atoms with Crippen LogP contribution in [0, 0.1) is 13.8 Å². The van der Waals surface area contributed by atoms with Crippen LogP contribution in [-0.2, 0) is 10.9 Å². The van der Waals surface area contributed by atoms with Crippen LogP contribution in [-0.4, -0.2) is 28.3 Å². The van der Waals surface area contributed by atoms with Crippen molar-refractivity contribution in [2.45, 2.75) is 26.9 Å². The second kappa shape index (κ2) is 9.73. The molecule has 7 nitrogen and oxygen atoms in total. The number of alkyl halides is 3. The quantitative estimate of drug-likeness (QED) is 0.321. The lowest BCUT2D eigenvalue weighted by Gasteiger charge is -2.11. The summed E-state index contributed by atoms with van der Waals surface area (Å²) in [4.78, 5) is 25.1. The standard InChI is InChI=1S/C26H22F3N3O4/c1-4-35-25(34)21-14-22(32(31-21)19-10-5-7-15(2)11-19)17-8-6-9-18(13-17)30-24(33)20-12-16(3)36-23(20)26(27,28)29/h5-14H,4H2,1-3H3,(H,30,33). The minimum atomic E-state index is -4.81. The summed E-state index contributed by atoms with van der Waals surface area (Å²) < 4.78 is 51.2. The summed E-state index contributed by atoms with van der Waals surface area (Å²) >= 11 is 0. The average molecular weight is 497 g/mol. The molecule has 36 heavy (non-hydrogen) atoms. The highest BCUT2D eigenvalue weighted by Crippen LogP contribution is 2.34. The maximum atomic E-state index is 13.3. The van der Waals surface area contributed by atoms with Crippen molar-refractivity contribution in [2.24, 2.45) is 0 Å². The number of nitrogens with zero attached hydrogens (tertiary/aromatic N) is 2. The second-order valence-corrected chi connectivity index (χ2v) is 8.02. The van der Waals surface area contributed by atoms with Crippen LogP contribution in [0.2, 0.25) is 0 Å². The van der Waals surface area contributed by atoms with Gasteiger partial charge in [-0.15, -0.1) is 0 Å². The number of hydrogen-bond acceptors (Lipinski definition) is 5. The zero-order valence-electron chi connectivity index (χ0n) is 19.6. The van der Waals surface area contributed by atoms with Crippen LogP contribution in [0.3, 0.4) is 0 Å². The van der Waals surface area contributed by atoms with Gasteiger partial charge in [0.25, 0.3) is 5.91 Å². The Morgan fingerprint density at radius 3 is 2.50 bits per heavy atom. The summed E-state index contributed by atoms with van der Waals surface area (Å²) in [7, 11) is 0. The SMILES string of the molecule is CCOC(=O)c1cc(-c2cccc(NC(=O)c3cc(C)oc3C(F)(F)F)c2)n(-c2cccc(C)c2)n1. The molecule has 0 saturated carbocycles. The third-order valence-electron chi connectivity index (χ3n) is 5.21. The zero-order chi connectivity index (χ0) is 26.0. The summed E-state index contributed by atoms with van der Waals surface area (Å²) in [6.07, 6.45) is -4.81. The van der Waals surface area contributed by atoms with E-state index in [0.717, 1.165) is 11.6 Å². The van der Waals surface area contributed by atoms with E-state index >= 15 is 0 Å². The van der Waals surface area contributed by atoms with Crippen molar-refractivity contribution in [1.82, 2.24) is 9.78 Å². The first-order valence-electron chi connectivity index (χ1n) is 11.0. The number of ether oxygens (including phenoxy) is 1. The molecule has 1 amide bonds. The third kappa shape index (κ3) is 5.17. The molecule has 186 valence electrons. The Morgan fingerprint density at radius 1 is 1.06 bits per heavy atom. The van der Waals surface area contributed by atoms with Crippen molar-refractivity contribution < 1.29 is 31.9 Å². The van der Waals surface area contributed by atoms with E-state index in [9.17, 15) is 22.8 Å². The predicted octanol–water partition coefficient (Wildman–Crippen LogP) is 6.20. The molecule has 0 atom stereocenters. The van der Waals surface area contributed by atoms with Gasteiger partial charge in [-0.2, -0.15) is 18.3 Å². The smallest absolute Gasteiger partial charge is 0.450 e. The van der Waals surface area contributed by atoms with E-state index in [-0.39, 0.29) is 23.7 Å². The van der Waals surface area contributed by atoms with Crippen molar-refractivity contribution in [3.8, 4) is 16.9 Å². The van der Waals surface area contributed by atoms with E-state index in [2.05, 4.69) is 10.4 Å². The van der Waals surface area contributed by atoms with E-state index < -0.39 is 29.4 Å². The highest BCUT2D eigenvalue weighted by atomic mass is 19.4. The molecule has 0 aliphatic carbocycles. The van der Waals surface area contributed by atoms with Gasteiger partial charge >= 0.3 is 12.1 Å². The van der Waals surface area contributed by atoms with Crippen molar-refractivity contribution in [3.63, 3.8) is 0 Å². The molecule has 10 heteroatoms. The Labute approximate surface area is 204 Å². The summed E-state index contributed by atoms with van der Waals surface area (Å²) in [5, 5.41) is 6.91. The van der Waals surface area contributed by atoms with Crippen molar-refractivity contribution in [3.05, 3.63) is 89.0 Å². The first kappa shape index (κ1) is 24.8. The minimum Gasteiger partial charge on any atom is -0.461 e.